The Morgan fingerprint density at radius 1 is 0.316 bits per heavy atom. The third-order valence-electron chi connectivity index (χ3n) is 21.1. The van der Waals surface area contributed by atoms with Gasteiger partial charge in [-0.15, -0.1) is 15.3 Å². The number of carbonyl (C=O) groups is 6. The van der Waals surface area contributed by atoms with E-state index in [4.69, 9.17) is 85.3 Å². The van der Waals surface area contributed by atoms with Gasteiger partial charge in [-0.2, -0.15) is 0 Å². The number of nitrogens with one attached hydrogen (secondary N) is 6. The largest absolute Gasteiger partial charge is 0.394 e. The lowest BCUT2D eigenvalue weighted by atomic mass is 9.79. The van der Waals surface area contributed by atoms with Crippen LogP contribution in [0.25, 0.3) is 0 Å². The normalized spacial score (nSPS) is 22.5. The van der Waals surface area contributed by atoms with E-state index < -0.39 is 117 Å². The highest BCUT2D eigenvalue weighted by molar-refractivity contribution is 5.78. The van der Waals surface area contributed by atoms with Crippen LogP contribution in [0.3, 0.4) is 0 Å². The summed E-state index contributed by atoms with van der Waals surface area (Å²) < 4.78 is 105. The van der Waals surface area contributed by atoms with Gasteiger partial charge in [0.05, 0.1) is 235 Å². The molecule has 3 aromatic heterocycles. The summed E-state index contributed by atoms with van der Waals surface area (Å²) in [5.41, 5.74) is 1.12. The van der Waals surface area contributed by atoms with Gasteiger partial charge >= 0.3 is 0 Å². The van der Waals surface area contributed by atoms with Gasteiger partial charge in [-0.25, -0.2) is 14.0 Å². The van der Waals surface area contributed by atoms with Crippen LogP contribution in [0.1, 0.15) is 88.7 Å². The Kier molecular flexibility index (Phi) is 59.5. The fourth-order valence-corrected chi connectivity index (χ4v) is 12.9. The predicted octanol–water partition coefficient (Wildman–Crippen LogP) is -9.01. The minimum absolute atomic E-state index is 0.0252. The van der Waals surface area contributed by atoms with Gasteiger partial charge in [-0.05, 0) is 25.2 Å². The van der Waals surface area contributed by atoms with E-state index in [-0.39, 0.29) is 199 Å². The Morgan fingerprint density at radius 2 is 0.541 bits per heavy atom. The first-order chi connectivity index (χ1) is 64.4. The van der Waals surface area contributed by atoms with Crippen molar-refractivity contribution in [1.82, 2.24) is 76.9 Å². The number of aliphatic hydroxyl groups is 12. The van der Waals surface area contributed by atoms with Crippen LogP contribution in [0, 0.1) is 11.3 Å². The van der Waals surface area contributed by atoms with Gasteiger partial charge in [0.1, 0.15) is 73.2 Å². The minimum Gasteiger partial charge on any atom is -0.394 e. The van der Waals surface area contributed by atoms with Gasteiger partial charge in [-0.3, -0.25) is 28.8 Å². The summed E-state index contributed by atoms with van der Waals surface area (Å²) in [7, 11) is 0. The second-order valence-corrected chi connectivity index (χ2v) is 31.7. The van der Waals surface area contributed by atoms with Gasteiger partial charge in [0.2, 0.25) is 35.4 Å². The molecule has 0 bridgehead atoms. The van der Waals surface area contributed by atoms with Crippen molar-refractivity contribution in [2.75, 3.05) is 237 Å². The number of aromatic nitrogens is 9. The molecule has 6 heterocycles. The van der Waals surface area contributed by atoms with Crippen molar-refractivity contribution < 1.29 is 175 Å². The topological polar surface area (TPSA) is 676 Å². The van der Waals surface area contributed by atoms with Crippen LogP contribution < -0.4 is 31.9 Å². The van der Waals surface area contributed by atoms with Crippen molar-refractivity contribution in [2.24, 2.45) is 11.3 Å². The van der Waals surface area contributed by atoms with E-state index in [0.717, 1.165) is 0 Å². The molecule has 3 aromatic rings. The number of aryl methyl sites for hydroxylation is 3. The highest BCUT2D eigenvalue weighted by Crippen LogP contribution is 2.31. The number of rotatable bonds is 79. The maximum Gasteiger partial charge on any atom is 0.222 e. The van der Waals surface area contributed by atoms with E-state index in [1.807, 2.05) is 13.8 Å². The van der Waals surface area contributed by atoms with Crippen LogP contribution in [-0.4, -0.2) is 471 Å². The fraction of sp³-hybridized carbons (Fsp3) is 0.854. The van der Waals surface area contributed by atoms with E-state index in [1.54, 1.807) is 32.6 Å². The van der Waals surface area contributed by atoms with Gasteiger partial charge in [0.15, 0.2) is 18.9 Å². The first kappa shape index (κ1) is 115. The van der Waals surface area contributed by atoms with Crippen molar-refractivity contribution in [3.8, 4) is 0 Å². The second kappa shape index (κ2) is 68.9. The molecule has 51 nitrogen and oxygen atoms in total. The number of nitrogens with zero attached hydrogens (tertiary/aromatic N) is 9. The zero-order valence-corrected chi connectivity index (χ0v) is 76.2. The number of amides is 6. The minimum atomic E-state index is -1.53. The van der Waals surface area contributed by atoms with E-state index >= 15 is 0 Å². The molecule has 3 aliphatic heterocycles. The number of hydrogen-bond acceptors (Lipinski definition) is 42. The average molecular weight is 1920 g/mol. The van der Waals surface area contributed by atoms with Gasteiger partial charge < -0.3 is 178 Å². The first-order valence-electron chi connectivity index (χ1n) is 45.4. The molecule has 3 saturated heterocycles. The number of carbonyl (C=O) groups excluding carboxylic acids is 6. The Labute approximate surface area is 771 Å². The summed E-state index contributed by atoms with van der Waals surface area (Å²) in [6.07, 6.45) is -12.0. The van der Waals surface area contributed by atoms with E-state index in [0.29, 0.717) is 174 Å². The van der Waals surface area contributed by atoms with Crippen LogP contribution in [-0.2, 0) is 153 Å². The van der Waals surface area contributed by atoms with Gasteiger partial charge in [0.25, 0.3) is 0 Å². The van der Waals surface area contributed by atoms with Crippen molar-refractivity contribution in [3.63, 3.8) is 0 Å². The monoisotopic (exact) mass is 1920 g/mol. The standard InChI is InChI=1S/C82H145N15O36/c1-57(2)82(54-125-24-12-67(104)86-18-3-15-83-64(101)9-6-58-48-95(92-89-58)21-27-116-30-33-119-36-39-122-42-45-128-79-76(113)73(110)70(107)61(51-98)131-79,55-126-25-13-68(105)87-19-4-16-84-65(102)10-7-59-49-96(93-90-59)22-28-117-31-34-120-37-40-123-43-46-129-80-77(114)74(111)71(108)62(52-99)132-80)56-127-26-14-69(106)88-20-5-17-85-66(103)11-8-60-50-97(94-91-60)23-29-118-32-35-121-38-41-124-44-47-130-81-78(115)75(112)72(109)63(53-100)133-81/h48-50,57,61-63,70-81,98-100,107-115H,3-47,51-56H2,1-2H3,(H,83,101)(H,84,102)(H,85,103)(H,86,104)(H,87,105)(H,88,106)/t61?,62?,63?,70-,71-,72-,73?,74?,75?,76?,77?,78?,79+,80+,81+,82?/m1/s1. The maximum atomic E-state index is 13.0. The van der Waals surface area contributed by atoms with E-state index in [9.17, 15) is 90.0 Å². The number of hydrogen-bond donors (Lipinski definition) is 18. The smallest absolute Gasteiger partial charge is 0.222 e. The zero-order chi connectivity index (χ0) is 96.1. The highest BCUT2D eigenvalue weighted by atomic mass is 16.7. The third kappa shape index (κ3) is 47.3. The molecule has 0 aromatic carbocycles. The molecule has 0 radical (unpaired) electrons. The molecule has 6 rings (SSSR count). The highest BCUT2D eigenvalue weighted by Gasteiger charge is 2.47. The molecule has 6 amide bonds. The number of aliphatic hydroxyl groups excluding tert-OH is 12. The fourth-order valence-electron chi connectivity index (χ4n) is 12.9. The van der Waals surface area contributed by atoms with E-state index in [2.05, 4.69) is 62.8 Å². The molecular weight excluding hydrogens is 1770 g/mol. The molecule has 0 aliphatic carbocycles. The summed E-state index contributed by atoms with van der Waals surface area (Å²) in [6, 6.07) is 0. The summed E-state index contributed by atoms with van der Waals surface area (Å²) >= 11 is 0. The van der Waals surface area contributed by atoms with Crippen molar-refractivity contribution in [3.05, 3.63) is 35.7 Å². The molecule has 15 atom stereocenters. The molecule has 0 spiro atoms. The van der Waals surface area contributed by atoms with Crippen LogP contribution >= 0.6 is 0 Å². The van der Waals surface area contributed by atoms with Gasteiger partial charge in [0, 0.05) is 121 Å². The molecule has 764 valence electrons. The number of ether oxygens (including phenoxy) is 18. The second-order valence-electron chi connectivity index (χ2n) is 31.7. The zero-order valence-electron chi connectivity index (χ0n) is 76.2. The molecule has 3 aliphatic rings. The lowest BCUT2D eigenvalue weighted by Gasteiger charge is -2.39. The molecule has 9 unspecified atom stereocenters. The predicted molar refractivity (Wildman–Crippen MR) is 457 cm³/mol. The first-order valence-corrected chi connectivity index (χ1v) is 45.4. The Balaban J connectivity index is 0.792. The molecule has 133 heavy (non-hydrogen) atoms. The molecule has 3 fully saturated rings. The van der Waals surface area contributed by atoms with Crippen LogP contribution in [0.15, 0.2) is 18.6 Å². The molecule has 51 heteroatoms. The quantitative estimate of drug-likeness (QED) is 0.0233. The van der Waals surface area contributed by atoms with Crippen molar-refractivity contribution in [2.45, 2.75) is 203 Å². The van der Waals surface area contributed by atoms with Gasteiger partial charge in [-0.1, -0.05) is 29.5 Å². The summed E-state index contributed by atoms with van der Waals surface area (Å²) in [4.78, 5) is 76.9. The SMILES string of the molecule is CC(C)C(COCCC(=O)NCCCNC(=O)CCc1cn(CCOCCOCCOCCO[C@H]2OC(CO)[C@@H](O)C(O)C2O)nn1)(COCCC(=O)NCCCNC(=O)CCc1cn(CCOCCOCCOCCO[C@H]2OC(CO)[C@@H](O)C(O)C2O)nn1)COCCC(=O)NCCCNC(=O)CCc1cn(CCOCCOCCOCCO[C@H]2OC(CO)[C@@H](O)C(O)C2O)nn1. The third-order valence-corrected chi connectivity index (χ3v) is 21.1. The maximum absolute atomic E-state index is 13.0. The Morgan fingerprint density at radius 3 is 0.774 bits per heavy atom. The Bertz CT molecular complexity index is 3220. The van der Waals surface area contributed by atoms with Crippen molar-refractivity contribution in [1.29, 1.82) is 0 Å². The summed E-state index contributed by atoms with van der Waals surface area (Å²) in [5, 5.41) is 159. The van der Waals surface area contributed by atoms with Crippen LogP contribution in [0.4, 0.5) is 0 Å². The van der Waals surface area contributed by atoms with Crippen LogP contribution in [0.5, 0.6) is 0 Å². The summed E-state index contributed by atoms with van der Waals surface area (Å²) in [6.45, 7) is 11.0. The van der Waals surface area contributed by atoms with Crippen LogP contribution in [0.2, 0.25) is 0 Å². The average Bonchev–Trinajstić information content (AvgIpc) is 1.22. The molecule has 0 saturated carbocycles. The molecular formula is C82H145N15O36. The molecule has 18 N–H and O–H groups in total. The lowest BCUT2D eigenvalue weighted by Crippen LogP contribution is -2.59. The lowest BCUT2D eigenvalue weighted by molar-refractivity contribution is -0.302. The van der Waals surface area contributed by atoms with Crippen molar-refractivity contribution >= 4 is 35.4 Å². The summed E-state index contributed by atoms with van der Waals surface area (Å²) in [5.74, 6) is -1.45. The Hall–Kier alpha value is -6.96. The van der Waals surface area contributed by atoms with E-state index in [1.165, 1.54) is 0 Å².